The number of aromatic nitrogens is 2. The van der Waals surface area contributed by atoms with Gasteiger partial charge in [0.05, 0.1) is 23.1 Å². The summed E-state index contributed by atoms with van der Waals surface area (Å²) in [5, 5.41) is 0. The van der Waals surface area contributed by atoms with Crippen LogP contribution >= 0.6 is 0 Å². The molecule has 5 nitrogen and oxygen atoms in total. The van der Waals surface area contributed by atoms with Gasteiger partial charge in [0.25, 0.3) is 0 Å². The van der Waals surface area contributed by atoms with Crippen molar-refractivity contribution in [3.05, 3.63) is 34.5 Å². The van der Waals surface area contributed by atoms with Crippen LogP contribution in [-0.2, 0) is 9.84 Å². The highest BCUT2D eigenvalue weighted by Crippen LogP contribution is 2.26. The van der Waals surface area contributed by atoms with Gasteiger partial charge in [-0.1, -0.05) is 6.07 Å². The first kappa shape index (κ1) is 11.5. The quantitative estimate of drug-likeness (QED) is 0.834. The number of nitrogens with zero attached hydrogens (tertiary/aromatic N) is 1. The second-order valence-corrected chi connectivity index (χ2v) is 6.72. The maximum absolute atomic E-state index is 13.8. The third-order valence-corrected chi connectivity index (χ3v) is 5.01. The lowest BCUT2D eigenvalue weighted by Gasteiger charge is -2.10. The van der Waals surface area contributed by atoms with Gasteiger partial charge in [0.1, 0.15) is 11.3 Å². The van der Waals surface area contributed by atoms with E-state index in [4.69, 9.17) is 0 Å². The molecule has 0 bridgehead atoms. The number of nitrogens with one attached hydrogen (secondary N) is 1. The third-order valence-electron chi connectivity index (χ3n) is 3.26. The SMILES string of the molecule is O=c1[nH]c2cccc(F)c2n1C1CCS(=O)(=O)C1. The van der Waals surface area contributed by atoms with Crippen LogP contribution in [0, 0.1) is 5.82 Å². The van der Waals surface area contributed by atoms with E-state index in [9.17, 15) is 17.6 Å². The number of halogens is 1. The fourth-order valence-electron chi connectivity index (χ4n) is 2.47. The van der Waals surface area contributed by atoms with Gasteiger partial charge in [0.2, 0.25) is 0 Å². The Kier molecular flexibility index (Phi) is 2.34. The molecule has 1 N–H and O–H groups in total. The fourth-order valence-corrected chi connectivity index (χ4v) is 4.17. The van der Waals surface area contributed by atoms with Crippen molar-refractivity contribution in [2.75, 3.05) is 11.5 Å². The largest absolute Gasteiger partial charge is 0.326 e. The van der Waals surface area contributed by atoms with Crippen LogP contribution in [0.1, 0.15) is 12.5 Å². The van der Waals surface area contributed by atoms with Crippen molar-refractivity contribution in [3.8, 4) is 0 Å². The van der Waals surface area contributed by atoms with E-state index in [0.29, 0.717) is 11.9 Å². The molecule has 3 rings (SSSR count). The highest BCUT2D eigenvalue weighted by atomic mass is 32.2. The van der Waals surface area contributed by atoms with Gasteiger partial charge in [-0.25, -0.2) is 17.6 Å². The molecule has 0 spiro atoms. The Morgan fingerprint density at radius 1 is 1.39 bits per heavy atom. The molecule has 18 heavy (non-hydrogen) atoms. The minimum absolute atomic E-state index is 0.0469. The number of hydrogen-bond donors (Lipinski definition) is 1. The van der Waals surface area contributed by atoms with Gasteiger partial charge >= 0.3 is 5.69 Å². The highest BCUT2D eigenvalue weighted by Gasteiger charge is 2.31. The van der Waals surface area contributed by atoms with Crippen molar-refractivity contribution in [1.29, 1.82) is 0 Å². The second kappa shape index (κ2) is 3.68. The Morgan fingerprint density at radius 3 is 2.83 bits per heavy atom. The van der Waals surface area contributed by atoms with E-state index >= 15 is 0 Å². The van der Waals surface area contributed by atoms with Crippen molar-refractivity contribution in [2.45, 2.75) is 12.5 Å². The topological polar surface area (TPSA) is 71.9 Å². The zero-order valence-corrected chi connectivity index (χ0v) is 10.2. The Bertz CT molecular complexity index is 775. The molecule has 0 aliphatic carbocycles. The number of hydrogen-bond acceptors (Lipinski definition) is 3. The monoisotopic (exact) mass is 270 g/mol. The summed E-state index contributed by atoms with van der Waals surface area (Å²) < 4.78 is 37.9. The smallest absolute Gasteiger partial charge is 0.305 e. The van der Waals surface area contributed by atoms with E-state index in [0.717, 1.165) is 0 Å². The highest BCUT2D eigenvalue weighted by molar-refractivity contribution is 7.91. The van der Waals surface area contributed by atoms with Gasteiger partial charge in [-0.2, -0.15) is 0 Å². The number of fused-ring (bicyclic) bond motifs is 1. The molecule has 2 aromatic rings. The minimum atomic E-state index is -3.12. The second-order valence-electron chi connectivity index (χ2n) is 4.49. The molecule has 1 saturated heterocycles. The van der Waals surface area contributed by atoms with Crippen LogP contribution in [0.4, 0.5) is 4.39 Å². The molecule has 1 unspecified atom stereocenters. The third kappa shape index (κ3) is 1.66. The van der Waals surface area contributed by atoms with Gasteiger partial charge in [-0.05, 0) is 18.6 Å². The Hall–Kier alpha value is -1.63. The molecule has 0 saturated carbocycles. The molecule has 7 heteroatoms. The molecule has 2 heterocycles. The molecular formula is C11H11FN2O3S. The van der Waals surface area contributed by atoms with Crippen LogP contribution in [0.2, 0.25) is 0 Å². The summed E-state index contributed by atoms with van der Waals surface area (Å²) in [6.45, 7) is 0. The first-order valence-electron chi connectivity index (χ1n) is 5.57. The van der Waals surface area contributed by atoms with Gasteiger partial charge < -0.3 is 4.98 Å². The summed E-state index contributed by atoms with van der Waals surface area (Å²) in [4.78, 5) is 14.4. The van der Waals surface area contributed by atoms with Crippen molar-refractivity contribution in [2.24, 2.45) is 0 Å². The summed E-state index contributed by atoms with van der Waals surface area (Å²) in [6.07, 6.45) is 0.351. The number of rotatable bonds is 1. The van der Waals surface area contributed by atoms with Crippen LogP contribution in [0.5, 0.6) is 0 Å². The predicted octanol–water partition coefficient (Wildman–Crippen LogP) is 0.828. The van der Waals surface area contributed by atoms with Crippen molar-refractivity contribution in [3.63, 3.8) is 0 Å². The zero-order chi connectivity index (χ0) is 12.9. The van der Waals surface area contributed by atoms with E-state index in [1.165, 1.54) is 16.7 Å². The average molecular weight is 270 g/mol. The van der Waals surface area contributed by atoms with Gasteiger partial charge in [-0.15, -0.1) is 0 Å². The molecule has 1 aromatic carbocycles. The summed E-state index contributed by atoms with van der Waals surface area (Å²) in [6, 6.07) is 3.88. The molecule has 1 aliphatic heterocycles. The number of para-hydroxylation sites is 1. The van der Waals surface area contributed by atoms with Crippen LogP contribution < -0.4 is 5.69 Å². The molecule has 0 radical (unpaired) electrons. The van der Waals surface area contributed by atoms with Gasteiger partial charge in [0.15, 0.2) is 9.84 Å². The summed E-state index contributed by atoms with van der Waals surface area (Å²) >= 11 is 0. The lowest BCUT2D eigenvalue weighted by Crippen LogP contribution is -2.23. The van der Waals surface area contributed by atoms with Crippen molar-refractivity contribution >= 4 is 20.9 Å². The zero-order valence-electron chi connectivity index (χ0n) is 9.39. The standard InChI is InChI=1S/C11H11FN2O3S/c12-8-2-1-3-9-10(8)14(11(15)13-9)7-4-5-18(16,17)6-7/h1-3,7H,4-6H2,(H,13,15). The fraction of sp³-hybridized carbons (Fsp3) is 0.364. The number of sulfone groups is 1. The molecule has 0 amide bonds. The van der Waals surface area contributed by atoms with Crippen LogP contribution in [0.15, 0.2) is 23.0 Å². The van der Waals surface area contributed by atoms with E-state index < -0.39 is 27.4 Å². The van der Waals surface area contributed by atoms with Crippen molar-refractivity contribution < 1.29 is 12.8 Å². The summed E-state index contributed by atoms with van der Waals surface area (Å²) in [7, 11) is -3.12. The molecule has 1 fully saturated rings. The maximum Gasteiger partial charge on any atom is 0.326 e. The van der Waals surface area contributed by atoms with Crippen LogP contribution in [-0.4, -0.2) is 29.5 Å². The number of H-pyrrole nitrogens is 1. The molecule has 96 valence electrons. The Labute approximate surface area is 102 Å². The minimum Gasteiger partial charge on any atom is -0.305 e. The molecule has 1 aliphatic rings. The summed E-state index contributed by atoms with van der Waals surface area (Å²) in [5.41, 5.74) is 0.0890. The normalized spacial score (nSPS) is 22.6. The van der Waals surface area contributed by atoms with Gasteiger partial charge in [-0.3, -0.25) is 4.57 Å². The number of benzene rings is 1. The van der Waals surface area contributed by atoms with Crippen LogP contribution in [0.3, 0.4) is 0 Å². The number of aromatic amines is 1. The molecule has 1 atom stereocenters. The first-order valence-corrected chi connectivity index (χ1v) is 7.39. The average Bonchev–Trinajstić information content (AvgIpc) is 2.79. The lowest BCUT2D eigenvalue weighted by atomic mass is 10.2. The van der Waals surface area contributed by atoms with E-state index in [2.05, 4.69) is 4.98 Å². The van der Waals surface area contributed by atoms with E-state index in [1.807, 2.05) is 0 Å². The predicted molar refractivity (Wildman–Crippen MR) is 64.8 cm³/mol. The van der Waals surface area contributed by atoms with E-state index in [-0.39, 0.29) is 17.0 Å². The van der Waals surface area contributed by atoms with Crippen LogP contribution in [0.25, 0.3) is 11.0 Å². The Balaban J connectivity index is 2.24. The lowest BCUT2D eigenvalue weighted by molar-refractivity contribution is 0.540. The van der Waals surface area contributed by atoms with Crippen molar-refractivity contribution in [1.82, 2.24) is 9.55 Å². The molecular weight excluding hydrogens is 259 g/mol. The number of imidazole rings is 1. The van der Waals surface area contributed by atoms with Gasteiger partial charge in [0, 0.05) is 0 Å². The Morgan fingerprint density at radius 2 is 2.17 bits per heavy atom. The molecule has 1 aromatic heterocycles. The van der Waals surface area contributed by atoms with E-state index in [1.54, 1.807) is 6.07 Å². The first-order chi connectivity index (χ1) is 8.48. The maximum atomic E-state index is 13.8. The summed E-state index contributed by atoms with van der Waals surface area (Å²) in [5.74, 6) is -0.575.